The van der Waals surface area contributed by atoms with Crippen molar-refractivity contribution in [1.82, 2.24) is 20.5 Å². The molecule has 3 rings (SSSR count). The van der Waals surface area contributed by atoms with Gasteiger partial charge in [0.1, 0.15) is 5.82 Å². The van der Waals surface area contributed by atoms with Gasteiger partial charge < -0.3 is 20.4 Å². The summed E-state index contributed by atoms with van der Waals surface area (Å²) in [5.41, 5.74) is 2.57. The van der Waals surface area contributed by atoms with Crippen molar-refractivity contribution < 1.29 is 0 Å². The van der Waals surface area contributed by atoms with Gasteiger partial charge in [0.25, 0.3) is 0 Å². The van der Waals surface area contributed by atoms with Gasteiger partial charge in [-0.25, -0.2) is 9.98 Å². The molecule has 1 fully saturated rings. The molecule has 0 bridgehead atoms. The first-order valence-corrected chi connectivity index (χ1v) is 11.3. The van der Waals surface area contributed by atoms with E-state index in [1.54, 1.807) is 0 Å². The Balaban J connectivity index is 1.50. The molecular formula is C24H36N6. The highest BCUT2D eigenvalue weighted by Gasteiger charge is 2.16. The summed E-state index contributed by atoms with van der Waals surface area (Å²) < 4.78 is 0. The average Bonchev–Trinajstić information content (AvgIpc) is 2.81. The van der Waals surface area contributed by atoms with Gasteiger partial charge in [-0.05, 0) is 49.6 Å². The second kappa shape index (κ2) is 12.2. The third-order valence-corrected chi connectivity index (χ3v) is 5.49. The molecule has 0 atom stereocenters. The molecule has 1 aliphatic rings. The molecule has 1 aliphatic heterocycles. The Labute approximate surface area is 181 Å². The number of aryl methyl sites for hydroxylation is 1. The average molecular weight is 409 g/mol. The van der Waals surface area contributed by atoms with E-state index in [0.29, 0.717) is 6.54 Å². The van der Waals surface area contributed by atoms with Crippen molar-refractivity contribution in [2.45, 2.75) is 33.2 Å². The van der Waals surface area contributed by atoms with E-state index in [4.69, 9.17) is 4.99 Å². The Hall–Kier alpha value is -2.60. The summed E-state index contributed by atoms with van der Waals surface area (Å²) in [4.78, 5) is 14.2. The van der Waals surface area contributed by atoms with Gasteiger partial charge in [-0.2, -0.15) is 0 Å². The zero-order valence-corrected chi connectivity index (χ0v) is 18.5. The number of nitrogens with zero attached hydrogens (tertiary/aromatic N) is 4. The van der Waals surface area contributed by atoms with Crippen molar-refractivity contribution in [2.24, 2.45) is 4.99 Å². The minimum Gasteiger partial charge on any atom is -0.357 e. The van der Waals surface area contributed by atoms with Gasteiger partial charge in [0.05, 0.1) is 6.54 Å². The van der Waals surface area contributed by atoms with Crippen LogP contribution in [0.25, 0.3) is 0 Å². The van der Waals surface area contributed by atoms with E-state index >= 15 is 0 Å². The topological polar surface area (TPSA) is 55.8 Å². The number of aromatic nitrogens is 1. The Morgan fingerprint density at radius 3 is 2.53 bits per heavy atom. The van der Waals surface area contributed by atoms with Crippen molar-refractivity contribution in [3.8, 4) is 0 Å². The van der Waals surface area contributed by atoms with Crippen LogP contribution in [0.4, 0.5) is 5.82 Å². The van der Waals surface area contributed by atoms with E-state index in [-0.39, 0.29) is 0 Å². The van der Waals surface area contributed by atoms with Crippen LogP contribution in [0.5, 0.6) is 0 Å². The van der Waals surface area contributed by atoms with Crippen molar-refractivity contribution in [3.05, 3.63) is 59.8 Å². The minimum atomic E-state index is 0.651. The Morgan fingerprint density at radius 2 is 1.80 bits per heavy atom. The molecule has 2 N–H and O–H groups in total. The number of guanidine groups is 1. The number of hydrogen-bond acceptors (Lipinski definition) is 4. The molecule has 2 aromatic rings. The Kier molecular flexibility index (Phi) is 8.97. The highest BCUT2D eigenvalue weighted by atomic mass is 15.3. The van der Waals surface area contributed by atoms with E-state index in [9.17, 15) is 0 Å². The lowest BCUT2D eigenvalue weighted by Crippen LogP contribution is -2.46. The third-order valence-electron chi connectivity index (χ3n) is 5.49. The smallest absolute Gasteiger partial charge is 0.191 e. The monoisotopic (exact) mass is 408 g/mol. The number of piperazine rings is 1. The predicted molar refractivity (Wildman–Crippen MR) is 126 cm³/mol. The van der Waals surface area contributed by atoms with Crippen LogP contribution < -0.4 is 15.5 Å². The van der Waals surface area contributed by atoms with Crippen molar-refractivity contribution in [3.63, 3.8) is 0 Å². The molecular weight excluding hydrogens is 372 g/mol. The lowest BCUT2D eigenvalue weighted by Gasteiger charge is -2.34. The summed E-state index contributed by atoms with van der Waals surface area (Å²) in [6.45, 7) is 12.2. The molecule has 6 heteroatoms. The first-order chi connectivity index (χ1) is 14.8. The fourth-order valence-electron chi connectivity index (χ4n) is 3.68. The molecule has 1 saturated heterocycles. The zero-order valence-electron chi connectivity index (χ0n) is 18.5. The van der Waals surface area contributed by atoms with Crippen LogP contribution in [0, 0.1) is 0 Å². The van der Waals surface area contributed by atoms with Crippen molar-refractivity contribution in [1.29, 1.82) is 0 Å². The predicted octanol–water partition coefficient (Wildman–Crippen LogP) is 2.91. The zero-order chi connectivity index (χ0) is 21.0. The second-order valence-corrected chi connectivity index (χ2v) is 7.65. The molecule has 0 aliphatic carbocycles. The molecule has 0 amide bonds. The summed E-state index contributed by atoms with van der Waals surface area (Å²) in [6, 6.07) is 14.9. The van der Waals surface area contributed by atoms with Gasteiger partial charge in [-0.1, -0.05) is 37.3 Å². The molecule has 0 spiro atoms. The van der Waals surface area contributed by atoms with Gasteiger partial charge >= 0.3 is 0 Å². The summed E-state index contributed by atoms with van der Waals surface area (Å²) >= 11 is 0. The minimum absolute atomic E-state index is 0.651. The highest BCUT2D eigenvalue weighted by molar-refractivity contribution is 5.79. The molecule has 0 radical (unpaired) electrons. The van der Waals surface area contributed by atoms with Gasteiger partial charge in [-0.3, -0.25) is 0 Å². The summed E-state index contributed by atoms with van der Waals surface area (Å²) in [5, 5.41) is 6.81. The Bertz CT molecular complexity index is 768. The number of aliphatic imine (C=N–C) groups is 1. The lowest BCUT2D eigenvalue weighted by atomic mass is 10.1. The second-order valence-electron chi connectivity index (χ2n) is 7.65. The fourth-order valence-corrected chi connectivity index (χ4v) is 3.68. The quantitative estimate of drug-likeness (QED) is 0.380. The molecule has 1 aromatic heterocycles. The van der Waals surface area contributed by atoms with Crippen LogP contribution in [0.3, 0.4) is 0 Å². The van der Waals surface area contributed by atoms with E-state index < -0.39 is 0 Å². The van der Waals surface area contributed by atoms with Crippen LogP contribution in [0.1, 0.15) is 31.4 Å². The SMILES string of the molecule is CCNC(=NCc1ccnc(N2CCN(CC)CC2)c1)NCCCc1ccccc1. The van der Waals surface area contributed by atoms with E-state index in [1.807, 2.05) is 6.20 Å². The highest BCUT2D eigenvalue weighted by Crippen LogP contribution is 2.15. The molecule has 162 valence electrons. The lowest BCUT2D eigenvalue weighted by molar-refractivity contribution is 0.270. The maximum absolute atomic E-state index is 4.78. The van der Waals surface area contributed by atoms with Crippen molar-refractivity contribution in [2.75, 3.05) is 50.7 Å². The molecule has 6 nitrogen and oxygen atoms in total. The van der Waals surface area contributed by atoms with E-state index in [0.717, 1.165) is 70.4 Å². The van der Waals surface area contributed by atoms with Gasteiger partial charge in [-0.15, -0.1) is 0 Å². The first kappa shape index (κ1) is 22.1. The van der Waals surface area contributed by atoms with Gasteiger partial charge in [0, 0.05) is 45.5 Å². The first-order valence-electron chi connectivity index (χ1n) is 11.3. The standard InChI is InChI=1S/C24H36N6/c1-3-25-24(27-13-8-11-21-9-6-5-7-10-21)28-20-22-12-14-26-23(19-22)30-17-15-29(4-2)16-18-30/h5-7,9-10,12,14,19H,3-4,8,11,13,15-18,20H2,1-2H3,(H2,25,27,28). The molecule has 2 heterocycles. The Morgan fingerprint density at radius 1 is 1.00 bits per heavy atom. The maximum Gasteiger partial charge on any atom is 0.191 e. The van der Waals surface area contributed by atoms with E-state index in [1.165, 1.54) is 11.1 Å². The number of anilines is 1. The maximum atomic E-state index is 4.78. The number of hydrogen-bond donors (Lipinski definition) is 2. The number of likely N-dealkylation sites (N-methyl/N-ethyl adjacent to an activating group) is 1. The normalized spacial score (nSPS) is 15.3. The molecule has 0 saturated carbocycles. The van der Waals surface area contributed by atoms with Crippen LogP contribution in [-0.4, -0.2) is 61.7 Å². The molecule has 30 heavy (non-hydrogen) atoms. The van der Waals surface area contributed by atoms with Crippen LogP contribution >= 0.6 is 0 Å². The van der Waals surface area contributed by atoms with Gasteiger partial charge in [0.2, 0.25) is 0 Å². The number of nitrogens with one attached hydrogen (secondary N) is 2. The summed E-state index contributed by atoms with van der Waals surface area (Å²) in [7, 11) is 0. The van der Waals surface area contributed by atoms with Crippen LogP contribution in [0.15, 0.2) is 53.7 Å². The van der Waals surface area contributed by atoms with Crippen molar-refractivity contribution >= 4 is 11.8 Å². The summed E-state index contributed by atoms with van der Waals surface area (Å²) in [6.07, 6.45) is 4.07. The number of pyridine rings is 1. The van der Waals surface area contributed by atoms with Crippen LogP contribution in [0.2, 0.25) is 0 Å². The third kappa shape index (κ3) is 7.02. The molecule has 0 unspecified atom stereocenters. The molecule has 1 aromatic carbocycles. The van der Waals surface area contributed by atoms with E-state index in [2.05, 4.69) is 81.7 Å². The number of rotatable bonds is 9. The van der Waals surface area contributed by atoms with Crippen LogP contribution in [-0.2, 0) is 13.0 Å². The largest absolute Gasteiger partial charge is 0.357 e. The fraction of sp³-hybridized carbons (Fsp3) is 0.500. The van der Waals surface area contributed by atoms with Gasteiger partial charge in [0.15, 0.2) is 5.96 Å². The number of benzene rings is 1. The summed E-state index contributed by atoms with van der Waals surface area (Å²) in [5.74, 6) is 1.94.